The van der Waals surface area contributed by atoms with E-state index in [1.807, 2.05) is 0 Å². The Bertz CT molecular complexity index is 185. The highest BCUT2D eigenvalue weighted by Gasteiger charge is 2.02. The zero-order valence-corrected chi connectivity index (χ0v) is 10.7. The normalized spacial score (nSPS) is 10.8. The van der Waals surface area contributed by atoms with Gasteiger partial charge in [-0.25, -0.2) is 0 Å². The van der Waals surface area contributed by atoms with Crippen LogP contribution in [0.15, 0.2) is 0 Å². The first-order valence-electron chi connectivity index (χ1n) is 6.39. The lowest BCUT2D eigenvalue weighted by Crippen LogP contribution is -2.29. The van der Waals surface area contributed by atoms with Crippen LogP contribution in [0.1, 0.15) is 45.4 Å². The summed E-state index contributed by atoms with van der Waals surface area (Å²) < 4.78 is 4.97. The molecule has 0 saturated carbocycles. The Kier molecular flexibility index (Phi) is 11.4. The molecule has 0 radical (unpaired) electrons. The van der Waals surface area contributed by atoms with Gasteiger partial charge in [-0.2, -0.15) is 0 Å². The second-order valence-electron chi connectivity index (χ2n) is 4.07. The molecular weight excluding hydrogens is 222 g/mol. The lowest BCUT2D eigenvalue weighted by Gasteiger charge is -2.07. The molecular formula is C12H25NO4. The molecule has 17 heavy (non-hydrogen) atoms. The quantitative estimate of drug-likeness (QED) is 0.286. The number of rotatable bonds is 11. The molecule has 102 valence electrons. The average molecular weight is 247 g/mol. The second kappa shape index (κ2) is 11.8. The van der Waals surface area contributed by atoms with E-state index < -0.39 is 6.29 Å². The largest absolute Gasteiger partial charge is 0.464 e. The van der Waals surface area contributed by atoms with Crippen LogP contribution in [-0.4, -0.2) is 42.2 Å². The number of carbonyl (C=O) groups is 1. The van der Waals surface area contributed by atoms with Gasteiger partial charge < -0.3 is 20.3 Å². The molecule has 0 aliphatic carbocycles. The molecule has 0 bridgehead atoms. The molecule has 0 unspecified atom stereocenters. The van der Waals surface area contributed by atoms with E-state index in [0.29, 0.717) is 13.0 Å². The van der Waals surface area contributed by atoms with E-state index in [1.54, 1.807) is 0 Å². The number of aliphatic hydroxyl groups is 2. The third-order valence-electron chi connectivity index (χ3n) is 2.35. The van der Waals surface area contributed by atoms with E-state index in [0.717, 1.165) is 12.8 Å². The number of esters is 1. The first-order valence-corrected chi connectivity index (χ1v) is 6.39. The summed E-state index contributed by atoms with van der Waals surface area (Å²) in [5, 5.41) is 19.8. The number of ether oxygens (including phenoxy) is 1. The van der Waals surface area contributed by atoms with Crippen molar-refractivity contribution in [3.05, 3.63) is 0 Å². The van der Waals surface area contributed by atoms with Gasteiger partial charge >= 0.3 is 5.97 Å². The fourth-order valence-corrected chi connectivity index (χ4v) is 1.41. The molecule has 0 fully saturated rings. The highest BCUT2D eigenvalue weighted by atomic mass is 16.5. The molecule has 0 aromatic heterocycles. The predicted molar refractivity (Wildman–Crippen MR) is 65.4 cm³/mol. The molecule has 0 aromatic rings. The maximum absolute atomic E-state index is 11.2. The molecule has 0 atom stereocenters. The van der Waals surface area contributed by atoms with Crippen LogP contribution >= 0.6 is 0 Å². The SMILES string of the molecule is CCCCCCCC(=O)OCCNCC(O)O. The van der Waals surface area contributed by atoms with Gasteiger partial charge in [0.15, 0.2) is 6.29 Å². The van der Waals surface area contributed by atoms with Crippen LogP contribution in [0.2, 0.25) is 0 Å². The van der Waals surface area contributed by atoms with Crippen LogP contribution in [0.25, 0.3) is 0 Å². The summed E-state index contributed by atoms with van der Waals surface area (Å²) in [6, 6.07) is 0. The van der Waals surface area contributed by atoms with Crippen molar-refractivity contribution in [1.29, 1.82) is 0 Å². The van der Waals surface area contributed by atoms with Crippen molar-refractivity contribution >= 4 is 5.97 Å². The molecule has 0 heterocycles. The molecule has 0 rings (SSSR count). The van der Waals surface area contributed by atoms with Crippen molar-refractivity contribution in [3.8, 4) is 0 Å². The van der Waals surface area contributed by atoms with Crippen LogP contribution in [0.3, 0.4) is 0 Å². The molecule has 3 N–H and O–H groups in total. The average Bonchev–Trinajstić information content (AvgIpc) is 2.28. The highest BCUT2D eigenvalue weighted by Crippen LogP contribution is 2.05. The number of carbonyl (C=O) groups excluding carboxylic acids is 1. The maximum atomic E-state index is 11.2. The molecule has 0 saturated heterocycles. The smallest absolute Gasteiger partial charge is 0.305 e. The van der Waals surface area contributed by atoms with Gasteiger partial charge in [0, 0.05) is 19.5 Å². The van der Waals surface area contributed by atoms with Crippen molar-refractivity contribution in [2.75, 3.05) is 19.7 Å². The summed E-state index contributed by atoms with van der Waals surface area (Å²) in [4.78, 5) is 11.2. The van der Waals surface area contributed by atoms with Crippen molar-refractivity contribution in [2.24, 2.45) is 0 Å². The van der Waals surface area contributed by atoms with Gasteiger partial charge in [-0.15, -0.1) is 0 Å². The van der Waals surface area contributed by atoms with Crippen LogP contribution in [0.5, 0.6) is 0 Å². The van der Waals surface area contributed by atoms with Crippen molar-refractivity contribution < 1.29 is 19.7 Å². The fraction of sp³-hybridized carbons (Fsp3) is 0.917. The number of hydrogen-bond donors (Lipinski definition) is 3. The van der Waals surface area contributed by atoms with E-state index >= 15 is 0 Å². The molecule has 0 aliphatic rings. The standard InChI is InChI=1S/C12H25NO4/c1-2-3-4-5-6-7-12(16)17-9-8-13-10-11(14)15/h11,13-15H,2-10H2,1H3. The number of unbranched alkanes of at least 4 members (excludes halogenated alkanes) is 4. The van der Waals surface area contributed by atoms with E-state index in [-0.39, 0.29) is 19.1 Å². The molecule has 0 aliphatic heterocycles. The lowest BCUT2D eigenvalue weighted by atomic mass is 10.1. The molecule has 0 aromatic carbocycles. The Morgan fingerprint density at radius 1 is 1.24 bits per heavy atom. The first kappa shape index (κ1) is 16.4. The molecule has 0 spiro atoms. The van der Waals surface area contributed by atoms with E-state index in [1.165, 1.54) is 19.3 Å². The Hall–Kier alpha value is -0.650. The fourth-order valence-electron chi connectivity index (χ4n) is 1.41. The monoisotopic (exact) mass is 247 g/mol. The first-order chi connectivity index (χ1) is 8.16. The van der Waals surface area contributed by atoms with Gasteiger partial charge in [0.05, 0.1) is 0 Å². The van der Waals surface area contributed by atoms with Crippen LogP contribution < -0.4 is 5.32 Å². The Balaban J connectivity index is 3.18. The summed E-state index contributed by atoms with van der Waals surface area (Å²) >= 11 is 0. The van der Waals surface area contributed by atoms with Gasteiger partial charge in [0.1, 0.15) is 6.61 Å². The summed E-state index contributed by atoms with van der Waals surface area (Å²) in [7, 11) is 0. The Morgan fingerprint density at radius 3 is 2.59 bits per heavy atom. The summed E-state index contributed by atoms with van der Waals surface area (Å²) in [5.74, 6) is -0.173. The highest BCUT2D eigenvalue weighted by molar-refractivity contribution is 5.69. The third kappa shape index (κ3) is 13.3. The second-order valence-corrected chi connectivity index (χ2v) is 4.07. The summed E-state index contributed by atoms with van der Waals surface area (Å²) in [6.07, 6.45) is 4.70. The van der Waals surface area contributed by atoms with E-state index in [4.69, 9.17) is 14.9 Å². The van der Waals surface area contributed by atoms with Crippen molar-refractivity contribution in [2.45, 2.75) is 51.7 Å². The van der Waals surface area contributed by atoms with E-state index in [2.05, 4.69) is 12.2 Å². The minimum absolute atomic E-state index is 0.0918. The minimum atomic E-state index is -1.36. The summed E-state index contributed by atoms with van der Waals surface area (Å²) in [6.45, 7) is 2.97. The zero-order valence-electron chi connectivity index (χ0n) is 10.7. The van der Waals surface area contributed by atoms with Gasteiger partial charge in [-0.3, -0.25) is 4.79 Å². The van der Waals surface area contributed by atoms with Gasteiger partial charge in [-0.1, -0.05) is 32.6 Å². The van der Waals surface area contributed by atoms with Crippen LogP contribution in [0, 0.1) is 0 Å². The minimum Gasteiger partial charge on any atom is -0.464 e. The van der Waals surface area contributed by atoms with Crippen molar-refractivity contribution in [1.82, 2.24) is 5.32 Å². The van der Waals surface area contributed by atoms with E-state index in [9.17, 15) is 4.79 Å². The topological polar surface area (TPSA) is 78.8 Å². The van der Waals surface area contributed by atoms with Crippen LogP contribution in [0.4, 0.5) is 0 Å². The lowest BCUT2D eigenvalue weighted by molar-refractivity contribution is -0.143. The molecule has 0 amide bonds. The number of hydrogen-bond acceptors (Lipinski definition) is 5. The van der Waals surface area contributed by atoms with Gasteiger partial charge in [0.25, 0.3) is 0 Å². The zero-order chi connectivity index (χ0) is 12.9. The summed E-state index contributed by atoms with van der Waals surface area (Å²) in [5.41, 5.74) is 0. The van der Waals surface area contributed by atoms with Crippen LogP contribution in [-0.2, 0) is 9.53 Å². The molecule has 5 nitrogen and oxygen atoms in total. The van der Waals surface area contributed by atoms with Crippen molar-refractivity contribution in [3.63, 3.8) is 0 Å². The van der Waals surface area contributed by atoms with Gasteiger partial charge in [0.2, 0.25) is 0 Å². The number of nitrogens with one attached hydrogen (secondary N) is 1. The number of aliphatic hydroxyl groups excluding tert-OH is 1. The maximum Gasteiger partial charge on any atom is 0.305 e. The predicted octanol–water partition coefficient (Wildman–Crippen LogP) is 0.790. The molecule has 5 heteroatoms. The third-order valence-corrected chi connectivity index (χ3v) is 2.35. The Morgan fingerprint density at radius 2 is 1.94 bits per heavy atom. The van der Waals surface area contributed by atoms with Gasteiger partial charge in [-0.05, 0) is 6.42 Å². The Labute approximate surface area is 103 Å².